The number of fused-ring (bicyclic) bond motifs is 1. The molecule has 0 aliphatic carbocycles. The second-order valence-electron chi connectivity index (χ2n) is 8.40. The van der Waals surface area contributed by atoms with Gasteiger partial charge in [-0.15, -0.1) is 0 Å². The van der Waals surface area contributed by atoms with E-state index in [4.69, 9.17) is 4.74 Å². The van der Waals surface area contributed by atoms with Gasteiger partial charge in [0.2, 0.25) is 5.91 Å². The Morgan fingerprint density at radius 3 is 2.97 bits per heavy atom. The molecule has 0 spiro atoms. The van der Waals surface area contributed by atoms with Crippen molar-refractivity contribution >= 4 is 46.3 Å². The third-order valence-corrected chi connectivity index (χ3v) is 6.79. The Hall–Kier alpha value is -2.75. The molecule has 9 heteroatoms. The van der Waals surface area contributed by atoms with Crippen molar-refractivity contribution in [3.05, 3.63) is 47.2 Å². The van der Waals surface area contributed by atoms with Crippen molar-refractivity contribution < 1.29 is 19.1 Å². The van der Waals surface area contributed by atoms with E-state index in [2.05, 4.69) is 28.2 Å². The van der Waals surface area contributed by atoms with E-state index in [0.717, 1.165) is 60.5 Å². The normalized spacial score (nSPS) is 26.8. The van der Waals surface area contributed by atoms with Gasteiger partial charge in [0.05, 0.1) is 36.3 Å². The molecule has 1 aromatic carbocycles. The Morgan fingerprint density at radius 1 is 1.31 bits per heavy atom. The van der Waals surface area contributed by atoms with Crippen LogP contribution in [0.2, 0.25) is 0 Å². The summed E-state index contributed by atoms with van der Waals surface area (Å²) in [7, 11) is 0. The quantitative estimate of drug-likeness (QED) is 0.691. The van der Waals surface area contributed by atoms with Crippen LogP contribution >= 0.6 is 11.8 Å². The standard InChI is InChI=1S/C23H24N4O4S/c1-14-10-26(4-5-31-14)11-16-6-17(24-9-16)8-19-18-7-15(2-3-20(18)25-22(19)29)12-27-21(28)13-32-23(27)30/h2-3,6-9,14,16H,4-5,10-13H2,1H3,(H,25,29). The van der Waals surface area contributed by atoms with Gasteiger partial charge in [0.25, 0.3) is 11.1 Å². The van der Waals surface area contributed by atoms with E-state index in [1.165, 1.54) is 4.90 Å². The average Bonchev–Trinajstić information content (AvgIpc) is 3.43. The lowest BCUT2D eigenvalue weighted by molar-refractivity contribution is -0.125. The zero-order valence-electron chi connectivity index (χ0n) is 17.7. The van der Waals surface area contributed by atoms with E-state index >= 15 is 0 Å². The van der Waals surface area contributed by atoms with Gasteiger partial charge < -0.3 is 10.1 Å². The molecule has 32 heavy (non-hydrogen) atoms. The van der Waals surface area contributed by atoms with Crippen LogP contribution in [0.5, 0.6) is 0 Å². The van der Waals surface area contributed by atoms with Crippen LogP contribution in [0.25, 0.3) is 5.57 Å². The monoisotopic (exact) mass is 452 g/mol. The van der Waals surface area contributed by atoms with E-state index in [0.29, 0.717) is 5.57 Å². The molecule has 166 valence electrons. The minimum atomic E-state index is -0.230. The summed E-state index contributed by atoms with van der Waals surface area (Å²) >= 11 is 1.02. The molecule has 0 saturated carbocycles. The minimum Gasteiger partial charge on any atom is -0.376 e. The van der Waals surface area contributed by atoms with Crippen molar-refractivity contribution in [2.75, 3.05) is 37.3 Å². The summed E-state index contributed by atoms with van der Waals surface area (Å²) in [6, 6.07) is 5.52. The van der Waals surface area contributed by atoms with Gasteiger partial charge in [0, 0.05) is 43.0 Å². The maximum atomic E-state index is 12.6. The Labute approximate surface area is 190 Å². The van der Waals surface area contributed by atoms with Crippen molar-refractivity contribution in [1.82, 2.24) is 9.80 Å². The Kier molecular flexibility index (Phi) is 5.71. The summed E-state index contributed by atoms with van der Waals surface area (Å²) < 4.78 is 5.60. The Morgan fingerprint density at radius 2 is 2.19 bits per heavy atom. The lowest BCUT2D eigenvalue weighted by Gasteiger charge is -2.31. The molecule has 0 aromatic heterocycles. The number of morpholine rings is 1. The molecule has 2 unspecified atom stereocenters. The number of imide groups is 1. The molecular weight excluding hydrogens is 428 g/mol. The SMILES string of the molecule is CC1CN(CC2C=NC(C=C3C(=O)Nc4ccc(CN5C(=O)CSC5=O)cc43)=C2)CCO1. The molecule has 2 fully saturated rings. The summed E-state index contributed by atoms with van der Waals surface area (Å²) in [5, 5.41) is 2.65. The smallest absolute Gasteiger partial charge is 0.289 e. The average molecular weight is 453 g/mol. The molecule has 1 N–H and O–H groups in total. The van der Waals surface area contributed by atoms with Gasteiger partial charge >= 0.3 is 0 Å². The number of carbonyl (C=O) groups excluding carboxylic acids is 3. The van der Waals surface area contributed by atoms with Crippen LogP contribution in [0.15, 0.2) is 41.0 Å². The van der Waals surface area contributed by atoms with E-state index < -0.39 is 0 Å². The zero-order chi connectivity index (χ0) is 22.2. The second kappa shape index (κ2) is 8.65. The van der Waals surface area contributed by atoms with Crippen LogP contribution in [0.4, 0.5) is 10.5 Å². The van der Waals surface area contributed by atoms with E-state index in [-0.39, 0.29) is 41.4 Å². The van der Waals surface area contributed by atoms with Crippen LogP contribution < -0.4 is 5.32 Å². The van der Waals surface area contributed by atoms with Gasteiger partial charge in [-0.2, -0.15) is 0 Å². The third-order valence-electron chi connectivity index (χ3n) is 5.93. The van der Waals surface area contributed by atoms with Gasteiger partial charge in [-0.1, -0.05) is 17.8 Å². The van der Waals surface area contributed by atoms with Gasteiger partial charge in [-0.05, 0) is 36.8 Å². The summed E-state index contributed by atoms with van der Waals surface area (Å²) in [5.41, 5.74) is 3.60. The molecule has 4 aliphatic rings. The van der Waals surface area contributed by atoms with Crippen molar-refractivity contribution in [3.8, 4) is 0 Å². The van der Waals surface area contributed by atoms with Crippen LogP contribution in [-0.4, -0.2) is 71.2 Å². The van der Waals surface area contributed by atoms with Gasteiger partial charge in [-0.3, -0.25) is 29.2 Å². The number of benzene rings is 1. The number of rotatable bonds is 5. The molecule has 1 aromatic rings. The molecule has 2 atom stereocenters. The number of ether oxygens (including phenoxy) is 1. The molecule has 2 saturated heterocycles. The molecule has 3 amide bonds. The first-order valence-corrected chi connectivity index (χ1v) is 11.7. The number of thioether (sulfide) groups is 1. The number of hydrogen-bond donors (Lipinski definition) is 1. The van der Waals surface area contributed by atoms with Crippen LogP contribution in [0.3, 0.4) is 0 Å². The molecule has 4 heterocycles. The summed E-state index contributed by atoms with van der Waals surface area (Å²) in [4.78, 5) is 44.6. The number of anilines is 1. The molecule has 8 nitrogen and oxygen atoms in total. The van der Waals surface area contributed by atoms with Crippen molar-refractivity contribution in [1.29, 1.82) is 0 Å². The second-order valence-corrected chi connectivity index (χ2v) is 9.33. The summed E-state index contributed by atoms with van der Waals surface area (Å²) in [6.07, 6.45) is 6.07. The van der Waals surface area contributed by atoms with Crippen molar-refractivity contribution in [2.24, 2.45) is 10.9 Å². The molecule has 5 rings (SSSR count). The van der Waals surface area contributed by atoms with Gasteiger partial charge in [0.15, 0.2) is 0 Å². The third kappa shape index (κ3) is 4.28. The van der Waals surface area contributed by atoms with E-state index in [1.807, 2.05) is 30.5 Å². The van der Waals surface area contributed by atoms with E-state index in [9.17, 15) is 14.4 Å². The first-order valence-electron chi connectivity index (χ1n) is 10.7. The first-order chi connectivity index (χ1) is 15.5. The van der Waals surface area contributed by atoms with Crippen LogP contribution in [0, 0.1) is 5.92 Å². The highest BCUT2D eigenvalue weighted by Gasteiger charge is 2.31. The van der Waals surface area contributed by atoms with Crippen molar-refractivity contribution in [2.45, 2.75) is 19.6 Å². The highest BCUT2D eigenvalue weighted by Crippen LogP contribution is 2.35. The predicted molar refractivity (Wildman–Crippen MR) is 123 cm³/mol. The number of hydrogen-bond acceptors (Lipinski definition) is 7. The summed E-state index contributed by atoms with van der Waals surface area (Å²) in [5.74, 6) is 0.0253. The fourth-order valence-corrected chi connectivity index (χ4v) is 5.09. The first kappa shape index (κ1) is 21.1. The molecule has 0 radical (unpaired) electrons. The number of allylic oxidation sites excluding steroid dienone is 1. The molecule has 4 aliphatic heterocycles. The van der Waals surface area contributed by atoms with Gasteiger partial charge in [-0.25, -0.2) is 0 Å². The lowest BCUT2D eigenvalue weighted by Crippen LogP contribution is -2.43. The zero-order valence-corrected chi connectivity index (χ0v) is 18.6. The van der Waals surface area contributed by atoms with Crippen LogP contribution in [-0.2, 0) is 20.9 Å². The van der Waals surface area contributed by atoms with Gasteiger partial charge in [0.1, 0.15) is 0 Å². The number of nitrogens with zero attached hydrogens (tertiary/aromatic N) is 3. The highest BCUT2D eigenvalue weighted by atomic mass is 32.2. The van der Waals surface area contributed by atoms with E-state index in [1.54, 1.807) is 0 Å². The number of carbonyl (C=O) groups is 3. The maximum absolute atomic E-state index is 12.6. The predicted octanol–water partition coefficient (Wildman–Crippen LogP) is 2.52. The largest absolute Gasteiger partial charge is 0.376 e. The lowest BCUT2D eigenvalue weighted by atomic mass is 10.0. The fraction of sp³-hybridized carbons (Fsp3) is 0.391. The summed E-state index contributed by atoms with van der Waals surface area (Å²) in [6.45, 7) is 5.75. The molecule has 0 bridgehead atoms. The Bertz CT molecular complexity index is 1060. The number of aliphatic imine (C=N–C) groups is 1. The Balaban J connectivity index is 1.33. The topological polar surface area (TPSA) is 91.3 Å². The molecular formula is C23H24N4O4S. The number of nitrogens with one attached hydrogen (secondary N) is 1. The van der Waals surface area contributed by atoms with Crippen molar-refractivity contribution in [3.63, 3.8) is 0 Å². The minimum absolute atomic E-state index is 0.178. The fourth-order valence-electron chi connectivity index (χ4n) is 4.37. The van der Waals surface area contributed by atoms with Crippen LogP contribution in [0.1, 0.15) is 18.1 Å². The maximum Gasteiger partial charge on any atom is 0.289 e. The number of amides is 3. The highest BCUT2D eigenvalue weighted by molar-refractivity contribution is 8.14.